The molecular formula is C96H92F6O2. The van der Waals surface area contributed by atoms with Gasteiger partial charge in [0.1, 0.15) is 29.0 Å². The Morgan fingerprint density at radius 3 is 1.44 bits per heavy atom. The molecule has 0 fully saturated rings. The second-order valence-corrected chi connectivity index (χ2v) is 23.1. The second-order valence-electron chi connectivity index (χ2n) is 23.1. The summed E-state index contributed by atoms with van der Waals surface area (Å²) in [6, 6.07) is 58.5. The van der Waals surface area contributed by atoms with Crippen molar-refractivity contribution < 1.29 is 35.8 Å². The molecule has 8 heteroatoms. The molecule has 0 bridgehead atoms. The van der Waals surface area contributed by atoms with E-state index in [4.69, 9.17) is 73.7 Å². The molecule has 0 atom stereocenters. The van der Waals surface area contributed by atoms with Crippen molar-refractivity contribution in [1.82, 2.24) is 0 Å². The van der Waals surface area contributed by atoms with Gasteiger partial charge in [-0.2, -0.15) is 13.2 Å². The van der Waals surface area contributed by atoms with Crippen LogP contribution < -0.4 is 9.47 Å². The predicted molar refractivity (Wildman–Crippen MR) is 426 cm³/mol. The minimum absolute atomic E-state index is 0.0846. The first-order valence-corrected chi connectivity index (χ1v) is 33.7. The topological polar surface area (TPSA) is 18.5 Å². The number of methoxy groups -OCH3 is 2. The molecule has 10 rings (SSSR count). The average molecular weight is 1390 g/mol. The van der Waals surface area contributed by atoms with E-state index in [1.807, 2.05) is 115 Å². The first kappa shape index (κ1) is 89.8. The summed E-state index contributed by atoms with van der Waals surface area (Å²) < 4.78 is 83.6. The molecule has 0 radical (unpaired) electrons. The Hall–Kier alpha value is -12.2. The normalized spacial score (nSPS) is 10.0. The standard InChI is InChI=1S/C14H10.C13H10O.C13H16.C10H7F3.C9H8O.C8H4F2.C8H5F.C8H10.C7H12.C6H10/c1-2-12-8-10-14(11-9-12)13-6-4-3-5-7-13;1-3-10-4-5-12-9-13(14-2)7-6-11(12)8-10;1-3-5-6-7-13-10-8-12(4-2)9-11-13;1-3-8-4-7(2)5-9(6-8)10(11,12)13;1-3-8-5-4-6-9(7-8)10-2;1-2-6-3-4-7(9)5-8(6)10;1-2-7-4-3-5-8(9)6-7;1-2-8-6-4-3-5-7-8;1-4-5-6-7(2)3;1-3-5-6-4-2/h1,3-11H;1,4-9H,2H3;2,8-11H,3,5-7H2,1H3;1,4-6H,2H3;1,4-7H,2H3;1,3-5H;1,3-6H;1,6H,3-5,7H2;1,7H,5-6H2,2-3H3;1H,4-6H2,2H3. The number of ether oxygens (including phenoxy) is 2. The molecule has 0 aliphatic heterocycles. The molecule has 2 nitrogen and oxygen atoms in total. The van der Waals surface area contributed by atoms with Crippen molar-refractivity contribution in [3.63, 3.8) is 0 Å². The Balaban J connectivity index is 0.000000584. The van der Waals surface area contributed by atoms with Gasteiger partial charge < -0.3 is 9.47 Å². The molecule has 0 aromatic heterocycles. The van der Waals surface area contributed by atoms with Gasteiger partial charge in [0.15, 0.2) is 0 Å². The molecule has 0 N–H and O–H groups in total. The number of alkyl halides is 3. The quantitative estimate of drug-likeness (QED) is 0.0730. The van der Waals surface area contributed by atoms with Gasteiger partial charge in [-0.3, -0.25) is 0 Å². The monoisotopic (exact) mass is 1390 g/mol. The highest BCUT2D eigenvalue weighted by Gasteiger charge is 2.30. The second kappa shape index (κ2) is 54.6. The zero-order chi connectivity index (χ0) is 77.3. The molecule has 0 unspecified atom stereocenters. The molecule has 9 aromatic rings. The van der Waals surface area contributed by atoms with E-state index < -0.39 is 23.4 Å². The van der Waals surface area contributed by atoms with Crippen molar-refractivity contribution in [3.05, 3.63) is 285 Å². The van der Waals surface area contributed by atoms with E-state index in [1.54, 1.807) is 33.3 Å². The molecule has 9 aromatic carbocycles. The van der Waals surface area contributed by atoms with Gasteiger partial charge in [-0.05, 0) is 218 Å². The molecule has 1 aliphatic carbocycles. The van der Waals surface area contributed by atoms with E-state index in [2.05, 4.69) is 117 Å². The molecule has 0 spiro atoms. The van der Waals surface area contributed by atoms with Crippen molar-refractivity contribution >= 4 is 10.8 Å². The van der Waals surface area contributed by atoms with E-state index in [9.17, 15) is 26.3 Å². The maximum Gasteiger partial charge on any atom is 0.416 e. The fourth-order valence-corrected chi connectivity index (χ4v) is 8.72. The summed E-state index contributed by atoms with van der Waals surface area (Å²) in [5.41, 5.74) is 9.40. The number of terminal acetylenes is 10. The minimum Gasteiger partial charge on any atom is -0.497 e. The molecular weight excluding hydrogens is 1300 g/mol. The lowest BCUT2D eigenvalue weighted by Gasteiger charge is -2.07. The number of hydrogen-bond donors (Lipinski definition) is 0. The summed E-state index contributed by atoms with van der Waals surface area (Å²) in [5.74, 6) is 25.6. The average Bonchev–Trinajstić information content (AvgIpc) is 0.842. The van der Waals surface area contributed by atoms with E-state index in [0.717, 1.165) is 100 Å². The summed E-state index contributed by atoms with van der Waals surface area (Å²) in [4.78, 5) is 0. The van der Waals surface area contributed by atoms with Gasteiger partial charge in [-0.1, -0.05) is 179 Å². The maximum atomic E-state index is 12.5. The van der Waals surface area contributed by atoms with Crippen LogP contribution in [0.4, 0.5) is 26.3 Å². The first-order valence-electron chi connectivity index (χ1n) is 33.7. The molecule has 1 aliphatic rings. The Labute approximate surface area is 618 Å². The van der Waals surface area contributed by atoms with Crippen LogP contribution in [0.2, 0.25) is 0 Å². The fraction of sp³-hybridized carbons (Fsp3) is 0.229. The van der Waals surface area contributed by atoms with Gasteiger partial charge >= 0.3 is 6.18 Å². The number of aryl methyl sites for hydroxylation is 2. The van der Waals surface area contributed by atoms with Gasteiger partial charge in [0.05, 0.1) is 25.3 Å². The van der Waals surface area contributed by atoms with Gasteiger partial charge in [0, 0.05) is 52.3 Å². The number of rotatable bonds is 11. The van der Waals surface area contributed by atoms with Crippen molar-refractivity contribution in [2.24, 2.45) is 5.92 Å². The lowest BCUT2D eigenvalue weighted by molar-refractivity contribution is -0.137. The Bertz CT molecular complexity index is 4460. The summed E-state index contributed by atoms with van der Waals surface area (Å²) in [6.45, 7) is 10.3. The van der Waals surface area contributed by atoms with Crippen molar-refractivity contribution in [3.8, 4) is 146 Å². The van der Waals surface area contributed by atoms with Crippen molar-refractivity contribution in [1.29, 1.82) is 0 Å². The zero-order valence-corrected chi connectivity index (χ0v) is 60.8. The van der Waals surface area contributed by atoms with E-state index in [1.165, 1.54) is 104 Å². The third kappa shape index (κ3) is 40.1. The smallest absolute Gasteiger partial charge is 0.416 e. The lowest BCUT2D eigenvalue weighted by Crippen LogP contribution is -2.05. The number of benzene rings is 9. The van der Waals surface area contributed by atoms with Crippen LogP contribution in [0.5, 0.6) is 11.5 Å². The largest absolute Gasteiger partial charge is 0.497 e. The first-order chi connectivity index (χ1) is 50.1. The number of halogens is 6. The van der Waals surface area contributed by atoms with Crippen LogP contribution in [-0.2, 0) is 12.6 Å². The van der Waals surface area contributed by atoms with Crippen LogP contribution in [0, 0.1) is 154 Å². The van der Waals surface area contributed by atoms with Gasteiger partial charge in [0.2, 0.25) is 0 Å². The van der Waals surface area contributed by atoms with E-state index >= 15 is 0 Å². The summed E-state index contributed by atoms with van der Waals surface area (Å²) in [7, 11) is 3.28. The summed E-state index contributed by atoms with van der Waals surface area (Å²) in [5, 5.41) is 2.28. The fourth-order valence-electron chi connectivity index (χ4n) is 8.72. The third-order valence-electron chi connectivity index (χ3n) is 14.5. The van der Waals surface area contributed by atoms with Crippen LogP contribution >= 0.6 is 0 Å². The summed E-state index contributed by atoms with van der Waals surface area (Å²) >= 11 is 0. The third-order valence-corrected chi connectivity index (χ3v) is 14.5. The number of allylic oxidation sites excluding steroid dienone is 2. The van der Waals surface area contributed by atoms with Crippen molar-refractivity contribution in [2.75, 3.05) is 14.2 Å². The molecule has 0 saturated carbocycles. The highest BCUT2D eigenvalue weighted by atomic mass is 19.4. The van der Waals surface area contributed by atoms with E-state index in [-0.39, 0.29) is 16.9 Å². The molecule has 0 saturated heterocycles. The maximum absolute atomic E-state index is 12.5. The molecule has 530 valence electrons. The molecule has 104 heavy (non-hydrogen) atoms. The SMILES string of the molecule is C#CC1=CCCCC1.C#CCCC(C)C.C#CCCCC.C#Cc1cc(C)cc(C(F)(F)F)c1.C#Cc1ccc(-c2ccccc2)cc1.C#Cc1ccc(CCCCC)cc1.C#Cc1ccc(F)cc1F.C#Cc1ccc2cc(OC)ccc2c1.C#Cc1cccc(F)c1.C#Cc1cccc(OC)c1. The van der Waals surface area contributed by atoms with Crippen LogP contribution in [0.25, 0.3) is 21.9 Å². The van der Waals surface area contributed by atoms with Crippen LogP contribution in [0.15, 0.2) is 212 Å². The zero-order valence-electron chi connectivity index (χ0n) is 60.8. The highest BCUT2D eigenvalue weighted by Crippen LogP contribution is 2.30. The van der Waals surface area contributed by atoms with Crippen molar-refractivity contribution in [2.45, 2.75) is 124 Å². The number of hydrogen-bond acceptors (Lipinski definition) is 2. The Morgan fingerprint density at radius 1 is 0.442 bits per heavy atom. The highest BCUT2D eigenvalue weighted by molar-refractivity contribution is 5.85. The van der Waals surface area contributed by atoms with E-state index in [0.29, 0.717) is 11.1 Å². The van der Waals surface area contributed by atoms with Gasteiger partial charge in [0.25, 0.3) is 0 Å². The molecule has 0 heterocycles. The molecule has 0 amide bonds. The lowest BCUT2D eigenvalue weighted by atomic mass is 10.0. The minimum atomic E-state index is -4.32. The number of fused-ring (bicyclic) bond motifs is 1. The Morgan fingerprint density at radius 2 is 0.971 bits per heavy atom. The van der Waals surface area contributed by atoms with Gasteiger partial charge in [-0.15, -0.1) is 76.1 Å². The number of unbranched alkanes of at least 4 members (excludes halogenated alkanes) is 4. The van der Waals surface area contributed by atoms with Crippen LogP contribution in [-0.4, -0.2) is 14.2 Å². The Kier molecular flexibility index (Phi) is 47.1. The van der Waals surface area contributed by atoms with Gasteiger partial charge in [-0.25, -0.2) is 13.2 Å². The summed E-state index contributed by atoms with van der Waals surface area (Å²) in [6.07, 6.45) is 64.4. The predicted octanol–water partition coefficient (Wildman–Crippen LogP) is 24.0. The van der Waals surface area contributed by atoms with Crippen LogP contribution in [0.3, 0.4) is 0 Å². The van der Waals surface area contributed by atoms with Crippen LogP contribution in [0.1, 0.15) is 160 Å².